The molecule has 0 radical (unpaired) electrons. The lowest BCUT2D eigenvalue weighted by atomic mass is 9.93. The average Bonchev–Trinajstić information content (AvgIpc) is 3.23. The summed E-state index contributed by atoms with van der Waals surface area (Å²) in [4.78, 5) is 15.4. The summed E-state index contributed by atoms with van der Waals surface area (Å²) in [7, 11) is 0. The van der Waals surface area contributed by atoms with Gasteiger partial charge in [-0.25, -0.2) is 4.79 Å². The van der Waals surface area contributed by atoms with Gasteiger partial charge in [0, 0.05) is 18.0 Å². The van der Waals surface area contributed by atoms with E-state index in [1.807, 2.05) is 18.2 Å². The second kappa shape index (κ2) is 4.26. The molecule has 1 aliphatic rings. The van der Waals surface area contributed by atoms with Gasteiger partial charge in [-0.05, 0) is 42.0 Å². The molecule has 0 unspecified atom stereocenters. The summed E-state index contributed by atoms with van der Waals surface area (Å²) in [6.07, 6.45) is 5.67. The van der Waals surface area contributed by atoms with Crippen molar-refractivity contribution < 1.29 is 9.90 Å². The van der Waals surface area contributed by atoms with Crippen molar-refractivity contribution in [1.29, 1.82) is 0 Å². The maximum atomic E-state index is 11.3. The molecular weight excluding hydrogens is 226 g/mol. The molecule has 0 saturated heterocycles. The molecule has 1 saturated carbocycles. The van der Waals surface area contributed by atoms with Gasteiger partial charge in [0.1, 0.15) is 0 Å². The van der Waals surface area contributed by atoms with E-state index in [2.05, 4.69) is 4.98 Å². The molecule has 0 amide bonds. The highest BCUT2D eigenvalue weighted by Crippen LogP contribution is 2.46. The van der Waals surface area contributed by atoms with Crippen LogP contribution in [0.4, 0.5) is 0 Å². The van der Waals surface area contributed by atoms with E-state index in [0.717, 1.165) is 29.5 Å². The third-order valence-electron chi connectivity index (χ3n) is 3.29. The molecule has 3 nitrogen and oxygen atoms in total. The highest BCUT2D eigenvalue weighted by atomic mass is 16.4. The summed E-state index contributed by atoms with van der Waals surface area (Å²) in [5, 5.41) is 9.30. The maximum Gasteiger partial charge on any atom is 0.335 e. The van der Waals surface area contributed by atoms with Crippen LogP contribution in [0.3, 0.4) is 0 Å². The molecule has 18 heavy (non-hydrogen) atoms. The van der Waals surface area contributed by atoms with Crippen LogP contribution in [0.1, 0.15) is 34.7 Å². The van der Waals surface area contributed by atoms with Gasteiger partial charge in [0.2, 0.25) is 0 Å². The fourth-order valence-electron chi connectivity index (χ4n) is 2.34. The molecule has 90 valence electrons. The molecule has 0 bridgehead atoms. The van der Waals surface area contributed by atoms with Crippen LogP contribution in [0.2, 0.25) is 0 Å². The molecule has 3 rings (SSSR count). The standard InChI is InChI=1S/C15H13NO2/c17-15(18)13-5-1-4-12(14(13)10-6-7-10)11-3-2-8-16-9-11/h1-5,8-10H,6-7H2,(H,17,18). The Balaban J connectivity index is 2.20. The van der Waals surface area contributed by atoms with Crippen molar-refractivity contribution in [3.8, 4) is 11.1 Å². The Morgan fingerprint density at radius 3 is 2.67 bits per heavy atom. The Hall–Kier alpha value is -2.16. The van der Waals surface area contributed by atoms with Gasteiger partial charge in [0.15, 0.2) is 0 Å². The first-order valence-electron chi connectivity index (χ1n) is 6.04. The zero-order valence-corrected chi connectivity index (χ0v) is 9.84. The number of carboxylic acid groups (broad SMARTS) is 1. The normalized spacial score (nSPS) is 14.4. The van der Waals surface area contributed by atoms with Crippen LogP contribution in [0.5, 0.6) is 0 Å². The SMILES string of the molecule is O=C(O)c1cccc(-c2cccnc2)c1C1CC1. The van der Waals surface area contributed by atoms with E-state index in [1.165, 1.54) is 0 Å². The number of hydrogen-bond acceptors (Lipinski definition) is 2. The van der Waals surface area contributed by atoms with Gasteiger partial charge in [-0.15, -0.1) is 0 Å². The molecule has 1 aliphatic carbocycles. The van der Waals surface area contributed by atoms with Gasteiger partial charge < -0.3 is 5.11 Å². The number of carboxylic acids is 1. The van der Waals surface area contributed by atoms with Crippen LogP contribution in [-0.2, 0) is 0 Å². The van der Waals surface area contributed by atoms with E-state index in [-0.39, 0.29) is 0 Å². The average molecular weight is 239 g/mol. The van der Waals surface area contributed by atoms with Crippen molar-refractivity contribution in [2.75, 3.05) is 0 Å². The summed E-state index contributed by atoms with van der Waals surface area (Å²) in [6.45, 7) is 0. The molecular formula is C15H13NO2. The Morgan fingerprint density at radius 1 is 1.22 bits per heavy atom. The van der Waals surface area contributed by atoms with E-state index in [9.17, 15) is 9.90 Å². The van der Waals surface area contributed by atoms with Crippen LogP contribution < -0.4 is 0 Å². The summed E-state index contributed by atoms with van der Waals surface area (Å²) < 4.78 is 0. The van der Waals surface area contributed by atoms with Gasteiger partial charge in [0.05, 0.1) is 5.56 Å². The Morgan fingerprint density at radius 2 is 2.06 bits per heavy atom. The van der Waals surface area contributed by atoms with Crippen molar-refractivity contribution in [2.45, 2.75) is 18.8 Å². The minimum Gasteiger partial charge on any atom is -0.478 e. The quantitative estimate of drug-likeness (QED) is 0.893. The van der Waals surface area contributed by atoms with E-state index in [4.69, 9.17) is 0 Å². The number of rotatable bonds is 3. The van der Waals surface area contributed by atoms with Gasteiger partial charge in [-0.2, -0.15) is 0 Å². The molecule has 1 aromatic heterocycles. The van der Waals surface area contributed by atoms with Crippen LogP contribution in [-0.4, -0.2) is 16.1 Å². The monoisotopic (exact) mass is 239 g/mol. The minimum atomic E-state index is -0.845. The van der Waals surface area contributed by atoms with Crippen molar-refractivity contribution in [1.82, 2.24) is 4.98 Å². The molecule has 1 heterocycles. The molecule has 1 aromatic carbocycles. The predicted octanol–water partition coefficient (Wildman–Crippen LogP) is 3.32. The fraction of sp³-hybridized carbons (Fsp3) is 0.200. The predicted molar refractivity (Wildman–Crippen MR) is 68.6 cm³/mol. The van der Waals surface area contributed by atoms with E-state index in [0.29, 0.717) is 11.5 Å². The van der Waals surface area contributed by atoms with Crippen molar-refractivity contribution in [3.05, 3.63) is 53.9 Å². The number of aromatic nitrogens is 1. The van der Waals surface area contributed by atoms with Crippen LogP contribution in [0.25, 0.3) is 11.1 Å². The lowest BCUT2D eigenvalue weighted by Gasteiger charge is -2.11. The molecule has 3 heteroatoms. The first-order chi connectivity index (χ1) is 8.77. The fourth-order valence-corrected chi connectivity index (χ4v) is 2.34. The number of benzene rings is 1. The van der Waals surface area contributed by atoms with Crippen LogP contribution in [0, 0.1) is 0 Å². The minimum absolute atomic E-state index is 0.396. The highest BCUT2D eigenvalue weighted by Gasteiger charge is 2.30. The first kappa shape index (κ1) is 11.0. The van der Waals surface area contributed by atoms with E-state index >= 15 is 0 Å². The molecule has 0 spiro atoms. The topological polar surface area (TPSA) is 50.2 Å². The molecule has 0 atom stereocenters. The van der Waals surface area contributed by atoms with Gasteiger partial charge in [0.25, 0.3) is 0 Å². The van der Waals surface area contributed by atoms with Gasteiger partial charge in [-0.3, -0.25) is 4.98 Å². The van der Waals surface area contributed by atoms with E-state index in [1.54, 1.807) is 24.5 Å². The Bertz CT molecular complexity index is 589. The third-order valence-corrected chi connectivity index (χ3v) is 3.29. The summed E-state index contributed by atoms with van der Waals surface area (Å²) in [5.74, 6) is -0.449. The molecule has 0 aliphatic heterocycles. The smallest absolute Gasteiger partial charge is 0.335 e. The van der Waals surface area contributed by atoms with Crippen molar-refractivity contribution in [3.63, 3.8) is 0 Å². The second-order valence-electron chi connectivity index (χ2n) is 4.59. The Labute approximate surface area is 105 Å². The molecule has 1 fully saturated rings. The maximum absolute atomic E-state index is 11.3. The third kappa shape index (κ3) is 1.88. The first-order valence-corrected chi connectivity index (χ1v) is 6.04. The largest absolute Gasteiger partial charge is 0.478 e. The Kier molecular flexibility index (Phi) is 2.59. The van der Waals surface area contributed by atoms with E-state index < -0.39 is 5.97 Å². The van der Waals surface area contributed by atoms with Crippen LogP contribution >= 0.6 is 0 Å². The second-order valence-corrected chi connectivity index (χ2v) is 4.59. The number of nitrogens with zero attached hydrogens (tertiary/aromatic N) is 1. The zero-order chi connectivity index (χ0) is 12.5. The molecule has 2 aromatic rings. The number of aromatic carboxylic acids is 1. The van der Waals surface area contributed by atoms with Crippen molar-refractivity contribution >= 4 is 5.97 Å². The number of carbonyl (C=O) groups is 1. The highest BCUT2D eigenvalue weighted by molar-refractivity contribution is 5.92. The number of hydrogen-bond donors (Lipinski definition) is 1. The van der Waals surface area contributed by atoms with Gasteiger partial charge in [-0.1, -0.05) is 18.2 Å². The van der Waals surface area contributed by atoms with Gasteiger partial charge >= 0.3 is 5.97 Å². The zero-order valence-electron chi connectivity index (χ0n) is 9.84. The summed E-state index contributed by atoms with van der Waals surface area (Å²) >= 11 is 0. The lowest BCUT2D eigenvalue weighted by Crippen LogP contribution is -2.03. The summed E-state index contributed by atoms with van der Waals surface area (Å²) in [6, 6.07) is 9.32. The molecule has 1 N–H and O–H groups in total. The van der Waals surface area contributed by atoms with Crippen LogP contribution in [0.15, 0.2) is 42.7 Å². The summed E-state index contributed by atoms with van der Waals surface area (Å²) in [5.41, 5.74) is 3.39. The van der Waals surface area contributed by atoms with Crippen molar-refractivity contribution in [2.24, 2.45) is 0 Å². The number of pyridine rings is 1. The lowest BCUT2D eigenvalue weighted by molar-refractivity contribution is 0.0695.